The molecule has 20 heteroatoms. The third-order valence-electron chi connectivity index (χ3n) is 11.8. The van der Waals surface area contributed by atoms with E-state index in [0.717, 1.165) is 44.9 Å². The molecule has 2 N–H and O–H groups in total. The van der Waals surface area contributed by atoms with Crippen LogP contribution in [0.15, 0.2) is 69.1 Å². The zero-order chi connectivity index (χ0) is 45.2. The minimum Gasteiger partial charge on any atom is -0.281 e. The van der Waals surface area contributed by atoms with E-state index in [9.17, 15) is 25.9 Å². The number of unbranched alkanes of at least 4 members (excludes halogenated alkanes) is 2. The Balaban J connectivity index is 1.06. The van der Waals surface area contributed by atoms with E-state index in [-0.39, 0.29) is 77.8 Å². The fraction of sp³-hybridized carbons (Fsp3) is 0.395. The van der Waals surface area contributed by atoms with Gasteiger partial charge in [0.15, 0.2) is 0 Å². The van der Waals surface area contributed by atoms with Gasteiger partial charge in [0.2, 0.25) is 0 Å². The largest absolute Gasteiger partial charge is 0.397 e. The van der Waals surface area contributed by atoms with E-state index < -0.39 is 57.3 Å². The lowest BCUT2D eigenvalue weighted by Crippen LogP contribution is -2.24. The average Bonchev–Trinajstić information content (AvgIpc) is 3.98. The second kappa shape index (κ2) is 16.9. The highest BCUT2D eigenvalue weighted by Gasteiger charge is 2.46. The Kier molecular flexibility index (Phi) is 12.1. The molecule has 2 aromatic carbocycles. The van der Waals surface area contributed by atoms with Crippen LogP contribution in [0.2, 0.25) is 0 Å². The van der Waals surface area contributed by atoms with Gasteiger partial charge < -0.3 is 0 Å². The molecule has 10 nitrogen and oxygen atoms in total. The molecule has 2 unspecified atom stereocenters. The van der Waals surface area contributed by atoms with Crippen molar-refractivity contribution in [1.82, 2.24) is 19.6 Å². The quantitative estimate of drug-likeness (QED) is 0.0624. The Morgan fingerprint density at radius 1 is 0.603 bits per heavy atom. The van der Waals surface area contributed by atoms with E-state index in [1.165, 1.54) is 21.5 Å². The van der Waals surface area contributed by atoms with Crippen molar-refractivity contribution in [3.8, 4) is 21.1 Å². The molecule has 0 bridgehead atoms. The van der Waals surface area contributed by atoms with Crippen LogP contribution in [0.1, 0.15) is 99.8 Å². The lowest BCUT2D eigenvalue weighted by Gasteiger charge is -2.22. The molecule has 2 aliphatic carbocycles. The highest BCUT2D eigenvalue weighted by atomic mass is 32.3. The van der Waals surface area contributed by atoms with Crippen LogP contribution in [0.25, 0.3) is 21.1 Å². The first-order valence-electron chi connectivity index (χ1n) is 20.2. The SMILES string of the molecule is Cc1ccc(Cn2nc(C(CCCCCC(c3nn(Cc4ccc(C)cc4)c4c3CCc3cc(S(=O)(=O)O)sc3-4)C(F)(F)F)C(F)(F)F)c3c2-c2sc(S(=O)(=O)O)cc2CC3)cc1. The molecule has 4 heterocycles. The molecule has 0 aliphatic heterocycles. The maximum Gasteiger partial charge on any atom is 0.397 e. The summed E-state index contributed by atoms with van der Waals surface area (Å²) in [7, 11) is -9.18. The normalized spacial score (nSPS) is 15.1. The second-order valence-electron chi connectivity index (χ2n) is 16.3. The van der Waals surface area contributed by atoms with E-state index >= 15 is 26.3 Å². The van der Waals surface area contributed by atoms with Gasteiger partial charge in [-0.25, -0.2) is 0 Å². The molecule has 0 spiro atoms. The van der Waals surface area contributed by atoms with E-state index in [2.05, 4.69) is 10.2 Å². The van der Waals surface area contributed by atoms with Crippen molar-refractivity contribution in [3.63, 3.8) is 0 Å². The molecule has 0 saturated carbocycles. The molecular formula is C43H42F6N4O6S4. The Morgan fingerprint density at radius 3 is 1.30 bits per heavy atom. The minimum atomic E-state index is -4.76. The summed E-state index contributed by atoms with van der Waals surface area (Å²) in [6, 6.07) is 17.4. The monoisotopic (exact) mass is 952 g/mol. The molecule has 0 radical (unpaired) electrons. The number of hydrogen-bond acceptors (Lipinski definition) is 8. The summed E-state index contributed by atoms with van der Waals surface area (Å²) in [6.07, 6.45) is -9.79. The van der Waals surface area contributed by atoms with E-state index in [4.69, 9.17) is 0 Å². The number of aromatic nitrogens is 4. The van der Waals surface area contributed by atoms with Crippen LogP contribution in [0, 0.1) is 13.8 Å². The summed E-state index contributed by atoms with van der Waals surface area (Å²) in [5.74, 6) is -4.10. The molecule has 4 aromatic heterocycles. The Morgan fingerprint density at radius 2 is 0.968 bits per heavy atom. The Hall–Kier alpha value is -4.34. The number of thiophene rings is 2. The summed E-state index contributed by atoms with van der Waals surface area (Å²) in [5, 5.41) is 9.08. The molecule has 63 heavy (non-hydrogen) atoms. The smallest absolute Gasteiger partial charge is 0.281 e. The minimum absolute atomic E-state index is 0.0390. The number of alkyl halides is 6. The molecule has 0 amide bonds. The molecule has 0 fully saturated rings. The summed E-state index contributed by atoms with van der Waals surface area (Å²) in [6.45, 7) is 3.96. The van der Waals surface area contributed by atoms with Crippen molar-refractivity contribution >= 4 is 42.9 Å². The van der Waals surface area contributed by atoms with Gasteiger partial charge in [-0.1, -0.05) is 78.9 Å². The number of benzene rings is 2. The van der Waals surface area contributed by atoms with E-state index in [1.807, 2.05) is 62.4 Å². The van der Waals surface area contributed by atoms with Crippen molar-refractivity contribution in [3.05, 3.63) is 117 Å². The Labute approximate surface area is 368 Å². The zero-order valence-corrected chi connectivity index (χ0v) is 37.2. The summed E-state index contributed by atoms with van der Waals surface area (Å²) in [5.41, 5.74) is 5.51. The van der Waals surface area contributed by atoms with Gasteiger partial charge in [-0.2, -0.15) is 53.4 Å². The van der Waals surface area contributed by atoms with Crippen LogP contribution in [0.5, 0.6) is 0 Å². The van der Waals surface area contributed by atoms with Crippen LogP contribution in [0.4, 0.5) is 26.3 Å². The van der Waals surface area contributed by atoms with Crippen molar-refractivity contribution in [2.45, 2.75) is 117 Å². The number of nitrogens with zero attached hydrogens (tertiary/aromatic N) is 4. The zero-order valence-electron chi connectivity index (χ0n) is 33.9. The van der Waals surface area contributed by atoms with Crippen LogP contribution in [-0.2, 0) is 59.0 Å². The fourth-order valence-corrected chi connectivity index (χ4v) is 12.7. The molecule has 2 atom stereocenters. The highest BCUT2D eigenvalue weighted by molar-refractivity contribution is 7.88. The lowest BCUT2D eigenvalue weighted by atomic mass is 9.87. The second-order valence-corrected chi connectivity index (χ2v) is 21.7. The standard InChI is InChI=1S/C43H42F6N4O6S4/c1-24-8-12-26(13-9-24)22-52-38-30(18-16-28-20-34(60-40(28)38)62(54,55)56)36(50-52)32(42(44,45)46)6-4-3-5-7-33(43(47,48)49)37-31-19-17-29-21-35(63(57,58)59)61-41(29)39(31)53(51-37)23-27-14-10-25(2)11-15-27/h8-15,20-21,32-33H,3-7,16-19,22-23H2,1-2H3,(H,54,55,56)(H,57,58,59). The number of hydrogen-bond donors (Lipinski definition) is 2. The molecule has 6 aromatic rings. The summed E-state index contributed by atoms with van der Waals surface area (Å²) in [4.78, 5) is 0.818. The highest BCUT2D eigenvalue weighted by Crippen LogP contribution is 2.49. The van der Waals surface area contributed by atoms with Gasteiger partial charge in [0, 0.05) is 11.1 Å². The summed E-state index contributed by atoms with van der Waals surface area (Å²) >= 11 is 1.54. The predicted molar refractivity (Wildman–Crippen MR) is 227 cm³/mol. The third kappa shape index (κ3) is 9.43. The first-order chi connectivity index (χ1) is 29.6. The predicted octanol–water partition coefficient (Wildman–Crippen LogP) is 10.9. The van der Waals surface area contributed by atoms with Crippen LogP contribution in [-0.4, -0.2) is 57.9 Å². The number of aryl methyl sites for hydroxylation is 4. The first kappa shape index (κ1) is 45.2. The average molecular weight is 953 g/mol. The maximum absolute atomic E-state index is 15.1. The molecule has 2 aliphatic rings. The van der Waals surface area contributed by atoms with Crippen LogP contribution < -0.4 is 0 Å². The van der Waals surface area contributed by atoms with Gasteiger partial charge >= 0.3 is 32.6 Å². The van der Waals surface area contributed by atoms with Gasteiger partial charge in [-0.05, 0) is 86.8 Å². The van der Waals surface area contributed by atoms with Crippen molar-refractivity contribution < 1.29 is 52.3 Å². The first-order valence-corrected chi connectivity index (χ1v) is 24.7. The maximum atomic E-state index is 15.1. The number of halogens is 6. The van der Waals surface area contributed by atoms with Crippen LogP contribution in [0.3, 0.4) is 0 Å². The molecule has 336 valence electrons. The summed E-state index contributed by atoms with van der Waals surface area (Å²) < 4.78 is 161. The van der Waals surface area contributed by atoms with Crippen molar-refractivity contribution in [1.29, 1.82) is 0 Å². The fourth-order valence-electron chi connectivity index (χ4n) is 8.70. The number of fused-ring (bicyclic) bond motifs is 6. The van der Waals surface area contributed by atoms with Gasteiger partial charge in [0.1, 0.15) is 8.42 Å². The van der Waals surface area contributed by atoms with Crippen LogP contribution >= 0.6 is 22.7 Å². The van der Waals surface area contributed by atoms with E-state index in [0.29, 0.717) is 43.4 Å². The van der Waals surface area contributed by atoms with Crippen molar-refractivity contribution in [2.24, 2.45) is 0 Å². The van der Waals surface area contributed by atoms with Crippen molar-refractivity contribution in [2.75, 3.05) is 0 Å². The molecule has 0 saturated heterocycles. The third-order valence-corrected chi connectivity index (χ3v) is 16.8. The lowest BCUT2D eigenvalue weighted by molar-refractivity contribution is -0.153. The topological polar surface area (TPSA) is 144 Å². The van der Waals surface area contributed by atoms with E-state index in [1.54, 1.807) is 0 Å². The molecule has 8 rings (SSSR count). The number of rotatable bonds is 14. The molecular weight excluding hydrogens is 911 g/mol. The Bertz CT molecular complexity index is 2700. The van der Waals surface area contributed by atoms with Gasteiger partial charge in [0.25, 0.3) is 0 Å². The van der Waals surface area contributed by atoms with Gasteiger partial charge in [-0.3, -0.25) is 18.5 Å². The van der Waals surface area contributed by atoms with Gasteiger partial charge in [-0.15, -0.1) is 22.7 Å². The van der Waals surface area contributed by atoms with Gasteiger partial charge in [0.05, 0.1) is 57.5 Å².